The Kier molecular flexibility index (Phi) is 12.7. The van der Waals surface area contributed by atoms with Crippen molar-refractivity contribution < 1.29 is 22.7 Å². The first-order valence-corrected chi connectivity index (χ1v) is 15.2. The standard InChI is InChI=1S/C27H37Cl2N3O5S/c1-5-7-16-30-27(34)25(6-2)31(19-20-10-11-21(28)18-24(20)29)26(33)9-8-17-32(38(4,35)36)22-12-14-23(37-3)15-13-22/h10-15,18,25H,5-9,16-17,19H2,1-4H3,(H,30,34)/t25-/m1/s1. The average Bonchev–Trinajstić information content (AvgIpc) is 2.87. The molecule has 1 atom stereocenters. The average molecular weight is 587 g/mol. The SMILES string of the molecule is CCCCNC(=O)[C@@H](CC)N(Cc1ccc(Cl)cc1Cl)C(=O)CCCN(c1ccc(OC)cc1)S(C)(=O)=O. The second-order valence-electron chi connectivity index (χ2n) is 8.96. The lowest BCUT2D eigenvalue weighted by atomic mass is 10.1. The maximum absolute atomic E-state index is 13.5. The van der Waals surface area contributed by atoms with Crippen LogP contribution in [0.1, 0.15) is 51.5 Å². The van der Waals surface area contributed by atoms with Gasteiger partial charge in [0.05, 0.1) is 19.1 Å². The van der Waals surface area contributed by atoms with Crippen molar-refractivity contribution in [3.05, 3.63) is 58.1 Å². The van der Waals surface area contributed by atoms with Gasteiger partial charge < -0.3 is 15.0 Å². The number of anilines is 1. The Labute approximate surface area is 236 Å². The largest absolute Gasteiger partial charge is 0.497 e. The molecule has 2 amide bonds. The van der Waals surface area contributed by atoms with Crippen molar-refractivity contribution >= 4 is 50.7 Å². The Bertz CT molecular complexity index is 1180. The summed E-state index contributed by atoms with van der Waals surface area (Å²) in [5.41, 5.74) is 1.15. The van der Waals surface area contributed by atoms with Gasteiger partial charge in [-0.3, -0.25) is 13.9 Å². The van der Waals surface area contributed by atoms with Gasteiger partial charge in [0.2, 0.25) is 21.8 Å². The van der Waals surface area contributed by atoms with Crippen LogP contribution in [0, 0.1) is 0 Å². The summed E-state index contributed by atoms with van der Waals surface area (Å²) in [7, 11) is -2.05. The van der Waals surface area contributed by atoms with Crippen LogP contribution in [0.3, 0.4) is 0 Å². The van der Waals surface area contributed by atoms with Crippen LogP contribution in [0.4, 0.5) is 5.69 Å². The normalized spacial score (nSPS) is 12.1. The molecule has 0 saturated heterocycles. The summed E-state index contributed by atoms with van der Waals surface area (Å²) >= 11 is 12.4. The van der Waals surface area contributed by atoms with Crippen LogP contribution in [-0.4, -0.2) is 57.6 Å². The van der Waals surface area contributed by atoms with E-state index >= 15 is 0 Å². The summed E-state index contributed by atoms with van der Waals surface area (Å²) in [6.45, 7) is 4.64. The number of rotatable bonds is 15. The van der Waals surface area contributed by atoms with E-state index in [1.807, 2.05) is 13.8 Å². The van der Waals surface area contributed by atoms with Gasteiger partial charge in [-0.05, 0) is 61.2 Å². The molecular formula is C27H37Cl2N3O5S. The molecule has 0 unspecified atom stereocenters. The molecule has 0 saturated carbocycles. The van der Waals surface area contributed by atoms with E-state index in [2.05, 4.69) is 5.32 Å². The zero-order valence-electron chi connectivity index (χ0n) is 22.4. The van der Waals surface area contributed by atoms with Gasteiger partial charge >= 0.3 is 0 Å². The molecular weight excluding hydrogens is 549 g/mol. The van der Waals surface area contributed by atoms with Crippen molar-refractivity contribution in [2.45, 2.75) is 58.5 Å². The van der Waals surface area contributed by atoms with Gasteiger partial charge in [-0.15, -0.1) is 0 Å². The van der Waals surface area contributed by atoms with E-state index in [9.17, 15) is 18.0 Å². The lowest BCUT2D eigenvalue weighted by molar-refractivity contribution is -0.141. The summed E-state index contributed by atoms with van der Waals surface area (Å²) in [5, 5.41) is 3.79. The minimum absolute atomic E-state index is 0.0477. The number of ether oxygens (including phenoxy) is 1. The molecule has 1 N–H and O–H groups in total. The molecule has 210 valence electrons. The number of nitrogens with one attached hydrogen (secondary N) is 1. The number of nitrogens with zero attached hydrogens (tertiary/aromatic N) is 2. The number of amides is 2. The van der Waals surface area contributed by atoms with Gasteiger partial charge in [0, 0.05) is 36.1 Å². The number of carbonyl (C=O) groups is 2. The Balaban J connectivity index is 2.22. The summed E-state index contributed by atoms with van der Waals surface area (Å²) < 4.78 is 31.4. The quantitative estimate of drug-likeness (QED) is 0.287. The minimum Gasteiger partial charge on any atom is -0.497 e. The van der Waals surface area contributed by atoms with Crippen LogP contribution in [-0.2, 0) is 26.2 Å². The molecule has 0 bridgehead atoms. The van der Waals surface area contributed by atoms with Crippen molar-refractivity contribution in [1.29, 1.82) is 0 Å². The minimum atomic E-state index is -3.59. The van der Waals surface area contributed by atoms with Crippen LogP contribution in [0.5, 0.6) is 5.75 Å². The molecule has 0 radical (unpaired) electrons. The summed E-state index contributed by atoms with van der Waals surface area (Å²) in [4.78, 5) is 28.0. The molecule has 38 heavy (non-hydrogen) atoms. The maximum Gasteiger partial charge on any atom is 0.242 e. The van der Waals surface area contributed by atoms with Crippen LogP contribution < -0.4 is 14.4 Å². The summed E-state index contributed by atoms with van der Waals surface area (Å²) in [6.07, 6.45) is 3.62. The number of carbonyl (C=O) groups excluding carboxylic acids is 2. The van der Waals surface area contributed by atoms with E-state index < -0.39 is 16.1 Å². The van der Waals surface area contributed by atoms with Crippen molar-refractivity contribution in [3.8, 4) is 5.75 Å². The van der Waals surface area contributed by atoms with Gasteiger partial charge in [0.1, 0.15) is 11.8 Å². The number of sulfonamides is 1. The smallest absolute Gasteiger partial charge is 0.242 e. The molecule has 0 aliphatic carbocycles. The molecule has 2 aromatic carbocycles. The van der Waals surface area contributed by atoms with E-state index in [4.69, 9.17) is 27.9 Å². The number of benzene rings is 2. The number of methoxy groups -OCH3 is 1. The molecule has 2 aromatic rings. The van der Waals surface area contributed by atoms with Crippen molar-refractivity contribution in [2.24, 2.45) is 0 Å². The molecule has 8 nitrogen and oxygen atoms in total. The lowest BCUT2D eigenvalue weighted by Gasteiger charge is -2.31. The van der Waals surface area contributed by atoms with Crippen LogP contribution in [0.2, 0.25) is 10.0 Å². The molecule has 0 spiro atoms. The Morgan fingerprint density at radius 1 is 1.05 bits per heavy atom. The second kappa shape index (κ2) is 15.2. The Morgan fingerprint density at radius 3 is 2.29 bits per heavy atom. The second-order valence-corrected chi connectivity index (χ2v) is 11.7. The predicted octanol–water partition coefficient (Wildman–Crippen LogP) is 5.27. The van der Waals surface area contributed by atoms with Gasteiger partial charge in [0.15, 0.2) is 0 Å². The lowest BCUT2D eigenvalue weighted by Crippen LogP contribution is -2.49. The van der Waals surface area contributed by atoms with Crippen LogP contribution in [0.25, 0.3) is 0 Å². The molecule has 0 aliphatic heterocycles. The molecule has 0 aromatic heterocycles. The highest BCUT2D eigenvalue weighted by Crippen LogP contribution is 2.25. The summed E-state index contributed by atoms with van der Waals surface area (Å²) in [6, 6.07) is 11.0. The van der Waals surface area contributed by atoms with E-state index in [1.165, 1.54) is 16.3 Å². The fraction of sp³-hybridized carbons (Fsp3) is 0.481. The maximum atomic E-state index is 13.5. The Hall–Kier alpha value is -2.49. The third-order valence-electron chi connectivity index (χ3n) is 6.08. The highest BCUT2D eigenvalue weighted by molar-refractivity contribution is 7.92. The number of hydrogen-bond donors (Lipinski definition) is 1. The zero-order chi connectivity index (χ0) is 28.3. The number of halogens is 2. The van der Waals surface area contributed by atoms with E-state index in [0.717, 1.165) is 19.1 Å². The number of hydrogen-bond acceptors (Lipinski definition) is 5. The van der Waals surface area contributed by atoms with E-state index in [-0.39, 0.29) is 37.7 Å². The monoisotopic (exact) mass is 585 g/mol. The van der Waals surface area contributed by atoms with Gasteiger partial charge in [-0.2, -0.15) is 0 Å². The third kappa shape index (κ3) is 9.36. The number of unbranched alkanes of at least 4 members (excludes halogenated alkanes) is 1. The van der Waals surface area contributed by atoms with E-state index in [1.54, 1.807) is 42.5 Å². The van der Waals surface area contributed by atoms with Crippen molar-refractivity contribution in [3.63, 3.8) is 0 Å². The van der Waals surface area contributed by atoms with Gasteiger partial charge in [0.25, 0.3) is 0 Å². The van der Waals surface area contributed by atoms with Crippen molar-refractivity contribution in [2.75, 3.05) is 30.8 Å². The Morgan fingerprint density at radius 2 is 1.74 bits per heavy atom. The molecule has 2 rings (SSSR count). The highest BCUT2D eigenvalue weighted by Gasteiger charge is 2.29. The molecule has 0 aliphatic rings. The summed E-state index contributed by atoms with van der Waals surface area (Å²) in [5.74, 6) is 0.115. The van der Waals surface area contributed by atoms with Crippen molar-refractivity contribution in [1.82, 2.24) is 10.2 Å². The fourth-order valence-corrected chi connectivity index (χ4v) is 5.45. The first-order chi connectivity index (χ1) is 18.0. The van der Waals surface area contributed by atoms with Gasteiger partial charge in [-0.25, -0.2) is 8.42 Å². The van der Waals surface area contributed by atoms with E-state index in [0.29, 0.717) is 40.0 Å². The molecule has 11 heteroatoms. The van der Waals surface area contributed by atoms with Crippen LogP contribution in [0.15, 0.2) is 42.5 Å². The third-order valence-corrected chi connectivity index (χ3v) is 7.86. The zero-order valence-corrected chi connectivity index (χ0v) is 24.7. The highest BCUT2D eigenvalue weighted by atomic mass is 35.5. The molecule has 0 heterocycles. The van der Waals surface area contributed by atoms with Crippen LogP contribution >= 0.6 is 23.2 Å². The predicted molar refractivity (Wildman–Crippen MR) is 153 cm³/mol. The first kappa shape index (κ1) is 31.7. The first-order valence-electron chi connectivity index (χ1n) is 12.6. The van der Waals surface area contributed by atoms with Gasteiger partial charge in [-0.1, -0.05) is 49.5 Å². The molecule has 0 fully saturated rings. The fourth-order valence-electron chi connectivity index (χ4n) is 4.01. The topological polar surface area (TPSA) is 96.0 Å².